The fourth-order valence-corrected chi connectivity index (χ4v) is 3.44. The number of carbonyl (C=O) groups is 1. The molecule has 1 aliphatic carbocycles. The number of rotatable bonds is 5. The van der Waals surface area contributed by atoms with Crippen molar-refractivity contribution in [3.05, 3.63) is 35.4 Å². The Morgan fingerprint density at radius 3 is 2.57 bits per heavy atom. The van der Waals surface area contributed by atoms with Gasteiger partial charge in [-0.05, 0) is 49.7 Å². The highest BCUT2D eigenvalue weighted by Crippen LogP contribution is 2.43. The third kappa shape index (κ3) is 3.42. The summed E-state index contributed by atoms with van der Waals surface area (Å²) in [6.07, 6.45) is 5.10. The molecular formula is C17H22F2O2. The molecule has 0 heterocycles. The van der Waals surface area contributed by atoms with Gasteiger partial charge in [0.15, 0.2) is 11.6 Å². The highest BCUT2D eigenvalue weighted by atomic mass is 19.2. The summed E-state index contributed by atoms with van der Waals surface area (Å²) in [6.45, 7) is 2.13. The molecule has 0 amide bonds. The minimum Gasteiger partial charge on any atom is -0.481 e. The molecule has 1 fully saturated rings. The molecule has 2 nitrogen and oxygen atoms in total. The Morgan fingerprint density at radius 2 is 2.00 bits per heavy atom. The van der Waals surface area contributed by atoms with E-state index in [1.54, 1.807) is 0 Å². The van der Waals surface area contributed by atoms with E-state index in [0.29, 0.717) is 18.8 Å². The van der Waals surface area contributed by atoms with Crippen LogP contribution in [-0.2, 0) is 11.2 Å². The van der Waals surface area contributed by atoms with E-state index in [1.165, 1.54) is 12.1 Å². The summed E-state index contributed by atoms with van der Waals surface area (Å²) in [5.41, 5.74) is -0.773. The summed E-state index contributed by atoms with van der Waals surface area (Å²) >= 11 is 0. The van der Waals surface area contributed by atoms with Gasteiger partial charge in [-0.1, -0.05) is 31.9 Å². The van der Waals surface area contributed by atoms with E-state index >= 15 is 0 Å². The van der Waals surface area contributed by atoms with Gasteiger partial charge in [-0.15, -0.1) is 0 Å². The third-order valence-electron chi connectivity index (χ3n) is 4.77. The van der Waals surface area contributed by atoms with Crippen molar-refractivity contribution in [3.63, 3.8) is 0 Å². The molecular weight excluding hydrogens is 274 g/mol. The number of benzene rings is 1. The summed E-state index contributed by atoms with van der Waals surface area (Å²) in [6, 6.07) is 3.98. The van der Waals surface area contributed by atoms with E-state index in [-0.39, 0.29) is 12.0 Å². The summed E-state index contributed by atoms with van der Waals surface area (Å²) in [5, 5.41) is 9.61. The maximum Gasteiger partial charge on any atom is 0.309 e. The third-order valence-corrected chi connectivity index (χ3v) is 4.77. The lowest BCUT2D eigenvalue weighted by Crippen LogP contribution is -2.37. The van der Waals surface area contributed by atoms with Gasteiger partial charge in [0.2, 0.25) is 0 Å². The zero-order valence-corrected chi connectivity index (χ0v) is 12.4. The van der Waals surface area contributed by atoms with Crippen LogP contribution in [0, 0.1) is 23.0 Å². The molecule has 1 saturated carbocycles. The topological polar surface area (TPSA) is 37.3 Å². The van der Waals surface area contributed by atoms with Gasteiger partial charge in [-0.3, -0.25) is 4.79 Å². The van der Waals surface area contributed by atoms with Gasteiger partial charge < -0.3 is 5.11 Å². The Hall–Kier alpha value is -1.45. The number of hydrogen-bond acceptors (Lipinski definition) is 1. The van der Waals surface area contributed by atoms with Crippen LogP contribution in [0.5, 0.6) is 0 Å². The SMILES string of the molecule is CCCC1CCC(Cc2cccc(F)c2F)(C(=O)O)CC1. The first-order valence-corrected chi connectivity index (χ1v) is 7.65. The highest BCUT2D eigenvalue weighted by Gasteiger charge is 2.42. The summed E-state index contributed by atoms with van der Waals surface area (Å²) < 4.78 is 27.1. The lowest BCUT2D eigenvalue weighted by molar-refractivity contribution is -0.151. The Bertz CT molecular complexity index is 506. The van der Waals surface area contributed by atoms with Crippen LogP contribution in [0.25, 0.3) is 0 Å². The van der Waals surface area contributed by atoms with Crippen molar-refractivity contribution >= 4 is 5.97 Å². The van der Waals surface area contributed by atoms with Gasteiger partial charge in [0, 0.05) is 0 Å². The standard InChI is InChI=1S/C17H22F2O2/c1-2-4-12-7-9-17(10-8-12,16(20)21)11-13-5-3-6-14(18)15(13)19/h3,5-6,12H,2,4,7-11H2,1H3,(H,20,21). The van der Waals surface area contributed by atoms with Crippen molar-refractivity contribution in [1.82, 2.24) is 0 Å². The Labute approximate surface area is 124 Å². The maximum absolute atomic E-state index is 13.8. The molecule has 2 rings (SSSR count). The fourth-order valence-electron chi connectivity index (χ4n) is 3.44. The van der Waals surface area contributed by atoms with E-state index in [1.807, 2.05) is 0 Å². The molecule has 116 valence electrons. The molecule has 21 heavy (non-hydrogen) atoms. The van der Waals surface area contributed by atoms with Crippen LogP contribution in [0.1, 0.15) is 51.0 Å². The number of carboxylic acid groups (broad SMARTS) is 1. The van der Waals surface area contributed by atoms with Crippen LogP contribution in [-0.4, -0.2) is 11.1 Å². The van der Waals surface area contributed by atoms with Crippen molar-refractivity contribution in [2.24, 2.45) is 11.3 Å². The molecule has 1 aromatic rings. The second kappa shape index (κ2) is 6.54. The van der Waals surface area contributed by atoms with Crippen LogP contribution in [0.3, 0.4) is 0 Å². The molecule has 0 saturated heterocycles. The minimum absolute atomic E-state index is 0.0742. The molecule has 1 aromatic carbocycles. The monoisotopic (exact) mass is 296 g/mol. The fraction of sp³-hybridized carbons (Fsp3) is 0.588. The van der Waals surface area contributed by atoms with Crippen LogP contribution >= 0.6 is 0 Å². The van der Waals surface area contributed by atoms with E-state index in [9.17, 15) is 18.7 Å². The molecule has 0 radical (unpaired) electrons. The average Bonchev–Trinajstić information content (AvgIpc) is 2.46. The molecule has 1 N–H and O–H groups in total. The Morgan fingerprint density at radius 1 is 1.33 bits per heavy atom. The molecule has 0 spiro atoms. The number of carboxylic acids is 1. The predicted molar refractivity (Wildman–Crippen MR) is 77.0 cm³/mol. The average molecular weight is 296 g/mol. The summed E-state index contributed by atoms with van der Waals surface area (Å²) in [5.74, 6) is -2.14. The van der Waals surface area contributed by atoms with Crippen LogP contribution in [0.15, 0.2) is 18.2 Å². The van der Waals surface area contributed by atoms with Gasteiger partial charge in [0.25, 0.3) is 0 Å². The van der Waals surface area contributed by atoms with Gasteiger partial charge in [0.1, 0.15) is 0 Å². The zero-order chi connectivity index (χ0) is 15.5. The zero-order valence-electron chi connectivity index (χ0n) is 12.4. The molecule has 0 aromatic heterocycles. The van der Waals surface area contributed by atoms with Crippen molar-refractivity contribution in [1.29, 1.82) is 0 Å². The number of aliphatic carboxylic acids is 1. The molecule has 0 atom stereocenters. The van der Waals surface area contributed by atoms with Crippen molar-refractivity contribution in [2.75, 3.05) is 0 Å². The first-order chi connectivity index (χ1) is 9.98. The minimum atomic E-state index is -0.946. The molecule has 4 heteroatoms. The van der Waals surface area contributed by atoms with Crippen LogP contribution in [0.2, 0.25) is 0 Å². The van der Waals surface area contributed by atoms with E-state index in [2.05, 4.69) is 6.92 Å². The second-order valence-electron chi connectivity index (χ2n) is 6.21. The summed E-state index contributed by atoms with van der Waals surface area (Å²) in [4.78, 5) is 11.7. The summed E-state index contributed by atoms with van der Waals surface area (Å²) in [7, 11) is 0. The van der Waals surface area contributed by atoms with Crippen molar-refractivity contribution in [2.45, 2.75) is 51.9 Å². The highest BCUT2D eigenvalue weighted by molar-refractivity contribution is 5.75. The van der Waals surface area contributed by atoms with Gasteiger partial charge in [0.05, 0.1) is 5.41 Å². The normalized spacial score (nSPS) is 25.8. The van der Waals surface area contributed by atoms with E-state index in [0.717, 1.165) is 31.7 Å². The van der Waals surface area contributed by atoms with Crippen LogP contribution in [0.4, 0.5) is 8.78 Å². The lowest BCUT2D eigenvalue weighted by Gasteiger charge is -2.37. The van der Waals surface area contributed by atoms with Crippen molar-refractivity contribution in [3.8, 4) is 0 Å². The predicted octanol–water partition coefficient (Wildman–Crippen LogP) is 4.57. The smallest absolute Gasteiger partial charge is 0.309 e. The largest absolute Gasteiger partial charge is 0.481 e. The molecule has 1 aliphatic rings. The quantitative estimate of drug-likeness (QED) is 0.864. The van der Waals surface area contributed by atoms with Crippen LogP contribution < -0.4 is 0 Å². The van der Waals surface area contributed by atoms with Gasteiger partial charge in [-0.2, -0.15) is 0 Å². The Balaban J connectivity index is 2.17. The van der Waals surface area contributed by atoms with Crippen molar-refractivity contribution < 1.29 is 18.7 Å². The Kier molecular flexibility index (Phi) is 4.96. The maximum atomic E-state index is 13.8. The van der Waals surface area contributed by atoms with E-state index in [4.69, 9.17) is 0 Å². The molecule has 0 bridgehead atoms. The molecule has 0 aliphatic heterocycles. The first-order valence-electron chi connectivity index (χ1n) is 7.65. The van der Waals surface area contributed by atoms with Gasteiger partial charge >= 0.3 is 5.97 Å². The number of halogens is 2. The van der Waals surface area contributed by atoms with E-state index < -0.39 is 23.0 Å². The second-order valence-corrected chi connectivity index (χ2v) is 6.21. The van der Waals surface area contributed by atoms with Gasteiger partial charge in [-0.25, -0.2) is 8.78 Å². The first kappa shape index (κ1) is 15.9. The molecule has 0 unspecified atom stereocenters. The number of hydrogen-bond donors (Lipinski definition) is 1. The lowest BCUT2D eigenvalue weighted by atomic mass is 9.66.